The Balaban J connectivity index is 0.00000240. The van der Waals surface area contributed by atoms with Crippen LogP contribution < -0.4 is 25.4 Å². The van der Waals surface area contributed by atoms with Crippen molar-refractivity contribution < 1.29 is 23.8 Å². The molecule has 2 aliphatic heterocycles. The van der Waals surface area contributed by atoms with Gasteiger partial charge in [0.1, 0.15) is 6.10 Å². The molecule has 8 nitrogen and oxygen atoms in total. The zero-order valence-electron chi connectivity index (χ0n) is 15.6. The molecule has 154 valence electrons. The minimum Gasteiger partial charge on any atom is -0.454 e. The largest absolute Gasteiger partial charge is 0.454 e. The SMILES string of the molecule is Cl.O=C(NCc1ccc2c(c1)OCO2)c1ccccc1NC(=O)[C@H]1CNCCO1. The van der Waals surface area contributed by atoms with Gasteiger partial charge in [0.15, 0.2) is 11.5 Å². The van der Waals surface area contributed by atoms with Crippen LogP contribution in [0.1, 0.15) is 15.9 Å². The summed E-state index contributed by atoms with van der Waals surface area (Å²) in [6.45, 7) is 2.19. The molecule has 2 aromatic carbocycles. The first-order valence-corrected chi connectivity index (χ1v) is 9.09. The maximum atomic E-state index is 12.7. The van der Waals surface area contributed by atoms with Crippen molar-refractivity contribution in [2.45, 2.75) is 12.6 Å². The zero-order chi connectivity index (χ0) is 19.3. The molecular weight excluding hydrogens is 398 g/mol. The van der Waals surface area contributed by atoms with Gasteiger partial charge in [0.25, 0.3) is 11.8 Å². The van der Waals surface area contributed by atoms with Crippen molar-refractivity contribution in [3.8, 4) is 11.5 Å². The van der Waals surface area contributed by atoms with Crippen molar-refractivity contribution in [2.75, 3.05) is 31.8 Å². The molecule has 2 aliphatic rings. The number of hydrogen-bond acceptors (Lipinski definition) is 6. The molecule has 1 fully saturated rings. The molecule has 4 rings (SSSR count). The fraction of sp³-hybridized carbons (Fsp3) is 0.300. The smallest absolute Gasteiger partial charge is 0.254 e. The molecule has 0 saturated carbocycles. The Labute approximate surface area is 174 Å². The van der Waals surface area contributed by atoms with Gasteiger partial charge in [-0.3, -0.25) is 9.59 Å². The first-order chi connectivity index (χ1) is 13.7. The Kier molecular flexibility index (Phi) is 6.92. The molecule has 0 radical (unpaired) electrons. The minimum absolute atomic E-state index is 0. The summed E-state index contributed by atoms with van der Waals surface area (Å²) in [6.07, 6.45) is -0.571. The van der Waals surface area contributed by atoms with Gasteiger partial charge in [-0.25, -0.2) is 0 Å². The molecule has 29 heavy (non-hydrogen) atoms. The van der Waals surface area contributed by atoms with E-state index in [0.717, 1.165) is 12.1 Å². The molecule has 1 saturated heterocycles. The van der Waals surface area contributed by atoms with Crippen molar-refractivity contribution >= 4 is 29.9 Å². The second-order valence-electron chi connectivity index (χ2n) is 6.47. The number of carbonyl (C=O) groups is 2. The van der Waals surface area contributed by atoms with Gasteiger partial charge in [0.05, 0.1) is 17.9 Å². The number of fused-ring (bicyclic) bond motifs is 1. The third-order valence-electron chi connectivity index (χ3n) is 4.54. The third-order valence-corrected chi connectivity index (χ3v) is 4.54. The van der Waals surface area contributed by atoms with Crippen molar-refractivity contribution in [3.05, 3.63) is 53.6 Å². The maximum absolute atomic E-state index is 12.7. The van der Waals surface area contributed by atoms with Crippen LogP contribution in [-0.4, -0.2) is 44.4 Å². The van der Waals surface area contributed by atoms with E-state index in [1.54, 1.807) is 24.3 Å². The van der Waals surface area contributed by atoms with E-state index in [-0.39, 0.29) is 31.0 Å². The fourth-order valence-electron chi connectivity index (χ4n) is 3.07. The molecular formula is C20H22ClN3O5. The fourth-order valence-corrected chi connectivity index (χ4v) is 3.07. The van der Waals surface area contributed by atoms with Crippen LogP contribution in [0.5, 0.6) is 11.5 Å². The number of ether oxygens (including phenoxy) is 3. The summed E-state index contributed by atoms with van der Waals surface area (Å²) >= 11 is 0. The number of anilines is 1. The highest BCUT2D eigenvalue weighted by atomic mass is 35.5. The van der Waals surface area contributed by atoms with Crippen LogP contribution in [0.15, 0.2) is 42.5 Å². The highest BCUT2D eigenvalue weighted by molar-refractivity contribution is 6.04. The van der Waals surface area contributed by atoms with E-state index < -0.39 is 6.10 Å². The van der Waals surface area contributed by atoms with Crippen LogP contribution in [0.3, 0.4) is 0 Å². The van der Waals surface area contributed by atoms with Crippen LogP contribution in [0.4, 0.5) is 5.69 Å². The molecule has 0 bridgehead atoms. The van der Waals surface area contributed by atoms with Crippen molar-refractivity contribution in [3.63, 3.8) is 0 Å². The molecule has 0 aliphatic carbocycles. The van der Waals surface area contributed by atoms with Crippen molar-refractivity contribution in [2.24, 2.45) is 0 Å². The summed E-state index contributed by atoms with van der Waals surface area (Å²) in [6, 6.07) is 12.4. The average Bonchev–Trinajstić information content (AvgIpc) is 3.21. The average molecular weight is 420 g/mol. The number of amides is 2. The Morgan fingerprint density at radius 3 is 2.76 bits per heavy atom. The Bertz CT molecular complexity index is 886. The third kappa shape index (κ3) is 4.97. The molecule has 2 heterocycles. The predicted octanol–water partition coefficient (Wildman–Crippen LogP) is 1.69. The van der Waals surface area contributed by atoms with Gasteiger partial charge in [-0.15, -0.1) is 12.4 Å². The molecule has 9 heteroatoms. The molecule has 2 aromatic rings. The number of hydrogen-bond donors (Lipinski definition) is 3. The van der Waals surface area contributed by atoms with Gasteiger partial charge in [-0.1, -0.05) is 18.2 Å². The number of para-hydroxylation sites is 1. The van der Waals surface area contributed by atoms with Gasteiger partial charge in [0, 0.05) is 19.6 Å². The summed E-state index contributed by atoms with van der Waals surface area (Å²) < 4.78 is 16.1. The lowest BCUT2D eigenvalue weighted by Crippen LogP contribution is -2.45. The standard InChI is InChI=1S/C20H21N3O5.ClH/c24-19(22-10-13-5-6-16-17(9-13)28-12-27-16)14-3-1-2-4-15(14)23-20(25)18-11-21-7-8-26-18;/h1-6,9,18,21H,7-8,10-12H2,(H,22,24)(H,23,25);1H/t18-;/m1./s1. The lowest BCUT2D eigenvalue weighted by Gasteiger charge is -2.23. The van der Waals surface area contributed by atoms with Crippen molar-refractivity contribution in [1.29, 1.82) is 0 Å². The number of rotatable bonds is 5. The summed E-state index contributed by atoms with van der Waals surface area (Å²) in [5.41, 5.74) is 1.73. The first kappa shape index (κ1) is 20.9. The minimum atomic E-state index is -0.571. The van der Waals surface area contributed by atoms with E-state index in [1.165, 1.54) is 0 Å². The van der Waals surface area contributed by atoms with Crippen LogP contribution in [-0.2, 0) is 16.1 Å². The summed E-state index contributed by atoms with van der Waals surface area (Å²) in [7, 11) is 0. The van der Waals surface area contributed by atoms with Crippen LogP contribution >= 0.6 is 12.4 Å². The quantitative estimate of drug-likeness (QED) is 0.682. The highest BCUT2D eigenvalue weighted by Gasteiger charge is 2.23. The number of nitrogens with one attached hydrogen (secondary N) is 3. The lowest BCUT2D eigenvalue weighted by molar-refractivity contribution is -0.128. The van der Waals surface area contributed by atoms with E-state index in [0.29, 0.717) is 42.4 Å². The Morgan fingerprint density at radius 1 is 1.10 bits per heavy atom. The van der Waals surface area contributed by atoms with Gasteiger partial charge in [0.2, 0.25) is 6.79 Å². The molecule has 3 N–H and O–H groups in total. The summed E-state index contributed by atoms with van der Waals surface area (Å²) in [4.78, 5) is 25.1. The second kappa shape index (κ2) is 9.60. The molecule has 0 unspecified atom stereocenters. The number of halogens is 1. The van der Waals surface area contributed by atoms with Gasteiger partial charge >= 0.3 is 0 Å². The predicted molar refractivity (Wildman–Crippen MR) is 109 cm³/mol. The number of carbonyl (C=O) groups excluding carboxylic acids is 2. The van der Waals surface area contributed by atoms with E-state index in [9.17, 15) is 9.59 Å². The lowest BCUT2D eigenvalue weighted by atomic mass is 10.1. The van der Waals surface area contributed by atoms with Crippen LogP contribution in [0, 0.1) is 0 Å². The molecule has 2 amide bonds. The van der Waals surface area contributed by atoms with E-state index >= 15 is 0 Å². The second-order valence-corrected chi connectivity index (χ2v) is 6.47. The maximum Gasteiger partial charge on any atom is 0.254 e. The zero-order valence-corrected chi connectivity index (χ0v) is 16.4. The van der Waals surface area contributed by atoms with E-state index in [4.69, 9.17) is 14.2 Å². The van der Waals surface area contributed by atoms with Crippen LogP contribution in [0.25, 0.3) is 0 Å². The Morgan fingerprint density at radius 2 is 1.93 bits per heavy atom. The topological polar surface area (TPSA) is 97.9 Å². The molecule has 1 atom stereocenters. The van der Waals surface area contributed by atoms with Gasteiger partial charge in [-0.2, -0.15) is 0 Å². The molecule has 0 aromatic heterocycles. The van der Waals surface area contributed by atoms with E-state index in [2.05, 4.69) is 16.0 Å². The van der Waals surface area contributed by atoms with Gasteiger partial charge in [-0.05, 0) is 29.8 Å². The number of morpholine rings is 1. The van der Waals surface area contributed by atoms with Gasteiger partial charge < -0.3 is 30.2 Å². The normalized spacial score (nSPS) is 17.2. The van der Waals surface area contributed by atoms with Crippen molar-refractivity contribution in [1.82, 2.24) is 10.6 Å². The summed E-state index contributed by atoms with van der Waals surface area (Å²) in [5.74, 6) is 0.808. The van der Waals surface area contributed by atoms with Crippen LogP contribution in [0.2, 0.25) is 0 Å². The van der Waals surface area contributed by atoms with E-state index in [1.807, 2.05) is 18.2 Å². The summed E-state index contributed by atoms with van der Waals surface area (Å²) in [5, 5.41) is 8.77. The number of benzene rings is 2. The highest BCUT2D eigenvalue weighted by Crippen LogP contribution is 2.32. The first-order valence-electron chi connectivity index (χ1n) is 9.09. The monoisotopic (exact) mass is 419 g/mol. The Hall–Kier alpha value is -2.81. The molecule has 0 spiro atoms.